The van der Waals surface area contributed by atoms with E-state index in [1.54, 1.807) is 0 Å². The normalized spacial score (nSPS) is 13.6. The van der Waals surface area contributed by atoms with E-state index in [1.807, 2.05) is 6.07 Å². The highest BCUT2D eigenvalue weighted by Gasteiger charge is 2.35. The van der Waals surface area contributed by atoms with Crippen LogP contribution in [0.2, 0.25) is 0 Å². The Hall–Kier alpha value is -4.82. The standard InChI is InChI=1S/C37H27NO/c1-37(2)32-15-7-5-12-28(32)29-21-20-27(23-33(29)37)38(26-19-18-24-10-3-4-11-25(24)22-26)34-16-9-14-31-30-13-6-8-17-35(30)39-36(31)34/h3-23H,1-2H3. The second kappa shape index (κ2) is 8.09. The molecule has 2 heteroatoms. The molecule has 2 nitrogen and oxygen atoms in total. The summed E-state index contributed by atoms with van der Waals surface area (Å²) < 4.78 is 6.54. The molecule has 0 fully saturated rings. The molecule has 1 aliphatic rings. The average molecular weight is 502 g/mol. The number of rotatable bonds is 3. The fourth-order valence-electron chi connectivity index (χ4n) is 6.48. The van der Waals surface area contributed by atoms with Gasteiger partial charge < -0.3 is 9.32 Å². The molecule has 0 saturated heterocycles. The Balaban J connectivity index is 1.40. The summed E-state index contributed by atoms with van der Waals surface area (Å²) in [7, 11) is 0. The molecule has 0 N–H and O–H groups in total. The van der Waals surface area contributed by atoms with Crippen LogP contribution in [0.15, 0.2) is 132 Å². The lowest BCUT2D eigenvalue weighted by molar-refractivity contribution is 0.660. The highest BCUT2D eigenvalue weighted by atomic mass is 16.3. The fraction of sp³-hybridized carbons (Fsp3) is 0.0811. The van der Waals surface area contributed by atoms with Crippen LogP contribution in [-0.4, -0.2) is 0 Å². The number of nitrogens with zero attached hydrogens (tertiary/aromatic N) is 1. The molecule has 6 aromatic carbocycles. The van der Waals surface area contributed by atoms with Crippen LogP contribution in [0.5, 0.6) is 0 Å². The third kappa shape index (κ3) is 3.21. The summed E-state index contributed by atoms with van der Waals surface area (Å²) in [6.45, 7) is 4.67. The number of hydrogen-bond acceptors (Lipinski definition) is 2. The first-order valence-corrected chi connectivity index (χ1v) is 13.5. The molecule has 0 unspecified atom stereocenters. The maximum Gasteiger partial charge on any atom is 0.159 e. The first kappa shape index (κ1) is 22.2. The smallest absolute Gasteiger partial charge is 0.159 e. The van der Waals surface area contributed by atoms with E-state index in [0.717, 1.165) is 39.0 Å². The van der Waals surface area contributed by atoms with Crippen molar-refractivity contribution in [2.75, 3.05) is 4.90 Å². The molecule has 0 amide bonds. The Morgan fingerprint density at radius 3 is 2.15 bits per heavy atom. The zero-order chi connectivity index (χ0) is 26.1. The molecule has 0 bridgehead atoms. The van der Waals surface area contributed by atoms with Crippen molar-refractivity contribution in [3.8, 4) is 11.1 Å². The van der Waals surface area contributed by atoms with Gasteiger partial charge in [0.2, 0.25) is 0 Å². The summed E-state index contributed by atoms with van der Waals surface area (Å²) >= 11 is 0. The largest absolute Gasteiger partial charge is 0.454 e. The fourth-order valence-corrected chi connectivity index (χ4v) is 6.48. The van der Waals surface area contributed by atoms with Crippen molar-refractivity contribution in [1.29, 1.82) is 0 Å². The van der Waals surface area contributed by atoms with E-state index in [1.165, 1.54) is 33.0 Å². The molecular formula is C37H27NO. The van der Waals surface area contributed by atoms with Crippen molar-refractivity contribution in [1.82, 2.24) is 0 Å². The van der Waals surface area contributed by atoms with Crippen molar-refractivity contribution in [2.24, 2.45) is 0 Å². The van der Waals surface area contributed by atoms with E-state index in [9.17, 15) is 0 Å². The van der Waals surface area contributed by atoms with Crippen molar-refractivity contribution < 1.29 is 4.42 Å². The number of benzene rings is 6. The van der Waals surface area contributed by atoms with Crippen LogP contribution in [0, 0.1) is 0 Å². The van der Waals surface area contributed by atoms with E-state index >= 15 is 0 Å². The highest BCUT2D eigenvalue weighted by molar-refractivity contribution is 6.10. The summed E-state index contributed by atoms with van der Waals surface area (Å²) in [5.41, 5.74) is 10.4. The van der Waals surface area contributed by atoms with E-state index < -0.39 is 0 Å². The van der Waals surface area contributed by atoms with E-state index in [2.05, 4.69) is 140 Å². The second-order valence-corrected chi connectivity index (χ2v) is 11.0. The van der Waals surface area contributed by atoms with Crippen molar-refractivity contribution in [2.45, 2.75) is 19.3 Å². The Morgan fingerprint density at radius 1 is 0.538 bits per heavy atom. The Labute approximate surface area is 227 Å². The molecule has 1 aliphatic carbocycles. The van der Waals surface area contributed by atoms with Crippen molar-refractivity contribution in [3.63, 3.8) is 0 Å². The van der Waals surface area contributed by atoms with Gasteiger partial charge >= 0.3 is 0 Å². The molecule has 1 aromatic heterocycles. The summed E-state index contributed by atoms with van der Waals surface area (Å²) in [5.74, 6) is 0. The first-order chi connectivity index (χ1) is 19.1. The van der Waals surface area contributed by atoms with Crippen molar-refractivity contribution >= 4 is 49.8 Å². The Kier molecular flexibility index (Phi) is 4.60. The van der Waals surface area contributed by atoms with E-state index in [0.29, 0.717) is 0 Å². The lowest BCUT2D eigenvalue weighted by Crippen LogP contribution is -2.16. The van der Waals surface area contributed by atoms with Gasteiger partial charge in [-0.25, -0.2) is 0 Å². The molecule has 0 radical (unpaired) electrons. The van der Waals surface area contributed by atoms with Gasteiger partial charge in [0.1, 0.15) is 5.58 Å². The maximum absolute atomic E-state index is 6.54. The number of anilines is 3. The second-order valence-electron chi connectivity index (χ2n) is 11.0. The van der Waals surface area contributed by atoms with E-state index in [-0.39, 0.29) is 5.41 Å². The monoisotopic (exact) mass is 501 g/mol. The number of hydrogen-bond donors (Lipinski definition) is 0. The van der Waals surface area contributed by atoms with Crippen LogP contribution < -0.4 is 4.90 Å². The van der Waals surface area contributed by atoms with Gasteiger partial charge in [0.25, 0.3) is 0 Å². The van der Waals surface area contributed by atoms with Crippen LogP contribution in [-0.2, 0) is 5.41 Å². The zero-order valence-electron chi connectivity index (χ0n) is 22.0. The lowest BCUT2D eigenvalue weighted by atomic mass is 9.82. The Morgan fingerprint density at radius 2 is 1.23 bits per heavy atom. The summed E-state index contributed by atoms with van der Waals surface area (Å²) in [6.07, 6.45) is 0. The average Bonchev–Trinajstić information content (AvgIpc) is 3.47. The zero-order valence-corrected chi connectivity index (χ0v) is 22.0. The predicted octanol–water partition coefficient (Wildman–Crippen LogP) is 10.5. The van der Waals surface area contributed by atoms with Gasteiger partial charge in [0.05, 0.1) is 5.69 Å². The van der Waals surface area contributed by atoms with Gasteiger partial charge in [-0.05, 0) is 69.4 Å². The molecule has 7 aromatic rings. The molecule has 8 rings (SSSR count). The third-order valence-electron chi connectivity index (χ3n) is 8.44. The van der Waals surface area contributed by atoms with Gasteiger partial charge in [-0.15, -0.1) is 0 Å². The van der Waals surface area contributed by atoms with Crippen LogP contribution in [0.4, 0.5) is 17.1 Å². The van der Waals surface area contributed by atoms with Gasteiger partial charge in [0, 0.05) is 27.6 Å². The molecule has 0 atom stereocenters. The lowest BCUT2D eigenvalue weighted by Gasteiger charge is -2.28. The highest BCUT2D eigenvalue weighted by Crippen LogP contribution is 2.51. The Bertz CT molecular complexity index is 2060. The molecular weight excluding hydrogens is 474 g/mol. The van der Waals surface area contributed by atoms with Crippen LogP contribution in [0.25, 0.3) is 43.8 Å². The summed E-state index contributed by atoms with van der Waals surface area (Å²) in [6, 6.07) is 45.8. The van der Waals surface area contributed by atoms with Crippen LogP contribution >= 0.6 is 0 Å². The molecule has 1 heterocycles. The van der Waals surface area contributed by atoms with Gasteiger partial charge in [-0.1, -0.05) is 105 Å². The molecule has 0 saturated carbocycles. The molecule has 0 spiro atoms. The molecule has 0 aliphatic heterocycles. The minimum absolute atomic E-state index is 0.0810. The summed E-state index contributed by atoms with van der Waals surface area (Å²) in [5, 5.41) is 4.71. The summed E-state index contributed by atoms with van der Waals surface area (Å²) in [4.78, 5) is 2.36. The number of furan rings is 1. The molecule has 39 heavy (non-hydrogen) atoms. The van der Waals surface area contributed by atoms with Gasteiger partial charge in [-0.2, -0.15) is 0 Å². The molecule has 186 valence electrons. The maximum atomic E-state index is 6.54. The minimum atomic E-state index is -0.0810. The van der Waals surface area contributed by atoms with Gasteiger partial charge in [-0.3, -0.25) is 0 Å². The minimum Gasteiger partial charge on any atom is -0.454 e. The topological polar surface area (TPSA) is 16.4 Å². The van der Waals surface area contributed by atoms with Crippen LogP contribution in [0.1, 0.15) is 25.0 Å². The van der Waals surface area contributed by atoms with E-state index in [4.69, 9.17) is 4.42 Å². The van der Waals surface area contributed by atoms with Crippen molar-refractivity contribution in [3.05, 3.63) is 139 Å². The SMILES string of the molecule is CC1(C)c2ccccc2-c2ccc(N(c3ccc4ccccc4c3)c3cccc4c3oc3ccccc34)cc21. The number of fused-ring (bicyclic) bond motifs is 7. The number of para-hydroxylation sites is 2. The van der Waals surface area contributed by atoms with Crippen LogP contribution in [0.3, 0.4) is 0 Å². The van der Waals surface area contributed by atoms with Gasteiger partial charge in [0.15, 0.2) is 5.58 Å². The third-order valence-corrected chi connectivity index (χ3v) is 8.44. The quantitative estimate of drug-likeness (QED) is 0.239. The first-order valence-electron chi connectivity index (χ1n) is 13.5. The predicted molar refractivity (Wildman–Crippen MR) is 163 cm³/mol.